The molecule has 1 heterocycles. The Morgan fingerprint density at radius 1 is 1.13 bits per heavy atom. The van der Waals surface area contributed by atoms with Gasteiger partial charge in [-0.1, -0.05) is 30.3 Å². The Hall–Kier alpha value is -3.47. The van der Waals surface area contributed by atoms with Crippen molar-refractivity contribution in [3.8, 4) is 0 Å². The molecule has 0 aromatic heterocycles. The molecular formula is C19H22N2O9. The van der Waals surface area contributed by atoms with Crippen molar-refractivity contribution in [1.29, 1.82) is 0 Å². The van der Waals surface area contributed by atoms with Crippen molar-refractivity contribution >= 4 is 29.7 Å². The van der Waals surface area contributed by atoms with E-state index in [0.717, 1.165) is 6.92 Å². The van der Waals surface area contributed by atoms with Crippen LogP contribution in [0.25, 0.3) is 0 Å². The number of hydroxylamine groups is 2. The lowest BCUT2D eigenvalue weighted by Gasteiger charge is -2.36. The van der Waals surface area contributed by atoms with Crippen molar-refractivity contribution in [3.63, 3.8) is 0 Å². The van der Waals surface area contributed by atoms with Crippen LogP contribution in [-0.4, -0.2) is 63.2 Å². The maximum Gasteiger partial charge on any atom is 0.335 e. The smallest absolute Gasteiger partial charge is 0.335 e. The highest BCUT2D eigenvalue weighted by molar-refractivity contribution is 5.92. The lowest BCUT2D eigenvalue weighted by Crippen LogP contribution is -2.58. The van der Waals surface area contributed by atoms with Crippen molar-refractivity contribution in [2.75, 3.05) is 0 Å². The molecule has 3 N–H and O–H groups in total. The van der Waals surface area contributed by atoms with Gasteiger partial charge in [0.05, 0.1) is 6.42 Å². The summed E-state index contributed by atoms with van der Waals surface area (Å²) in [4.78, 5) is 64.3. The summed E-state index contributed by atoms with van der Waals surface area (Å²) in [6.45, 7) is 1.06. The van der Waals surface area contributed by atoms with E-state index in [1.54, 1.807) is 30.3 Å². The largest absolute Gasteiger partial charge is 0.480 e. The van der Waals surface area contributed by atoms with Gasteiger partial charge in [0, 0.05) is 6.92 Å². The minimum absolute atomic E-state index is 0.0558. The Bertz CT molecular complexity index is 811. The second kappa shape index (κ2) is 10.3. The highest BCUT2D eigenvalue weighted by Gasteiger charge is 2.43. The van der Waals surface area contributed by atoms with E-state index < -0.39 is 54.3 Å². The molecule has 0 spiro atoms. The molecule has 162 valence electrons. The van der Waals surface area contributed by atoms with Crippen LogP contribution >= 0.6 is 0 Å². The number of carboxylic acids is 2. The molecule has 1 aliphatic heterocycles. The van der Waals surface area contributed by atoms with E-state index >= 15 is 0 Å². The normalized spacial score (nSPS) is 19.4. The number of amides is 2. The molecule has 30 heavy (non-hydrogen) atoms. The number of carbonyl (C=O) groups is 5. The molecular weight excluding hydrogens is 400 g/mol. The van der Waals surface area contributed by atoms with Crippen LogP contribution in [0.15, 0.2) is 30.3 Å². The van der Waals surface area contributed by atoms with Crippen molar-refractivity contribution in [2.24, 2.45) is 0 Å². The molecule has 2 rings (SSSR count). The number of aliphatic carboxylic acids is 2. The molecule has 2 amide bonds. The monoisotopic (exact) mass is 422 g/mol. The zero-order valence-electron chi connectivity index (χ0n) is 16.1. The number of ether oxygens (including phenoxy) is 1. The fourth-order valence-electron chi connectivity index (χ4n) is 2.85. The summed E-state index contributed by atoms with van der Waals surface area (Å²) >= 11 is 0. The Kier molecular flexibility index (Phi) is 7.87. The third-order valence-corrected chi connectivity index (χ3v) is 4.29. The lowest BCUT2D eigenvalue weighted by atomic mass is 10.0. The molecule has 1 fully saturated rings. The Balaban J connectivity index is 2.11. The van der Waals surface area contributed by atoms with E-state index in [4.69, 9.17) is 14.7 Å². The standard InChI is InChI=1S/C19H22N2O9/c1-11(22)20-13(9-16(23)29-10-12-5-3-2-4-6-12)17(24)21-14(18(25)26)7-8-15(30-21)19(27)28/h2-6,13-15H,7-10H2,1H3,(H,20,22)(H,25,26)(H,27,28)/t13-,14?,15?/m0/s1. The van der Waals surface area contributed by atoms with E-state index in [1.807, 2.05) is 0 Å². The van der Waals surface area contributed by atoms with Crippen LogP contribution in [0.5, 0.6) is 0 Å². The lowest BCUT2D eigenvalue weighted by molar-refractivity contribution is -0.246. The van der Waals surface area contributed by atoms with Crippen LogP contribution in [-0.2, 0) is 40.2 Å². The molecule has 1 aliphatic rings. The van der Waals surface area contributed by atoms with Gasteiger partial charge in [-0.15, -0.1) is 0 Å². The number of esters is 1. The number of nitrogens with zero attached hydrogens (tertiary/aromatic N) is 1. The molecule has 1 aromatic carbocycles. The summed E-state index contributed by atoms with van der Waals surface area (Å²) in [5.41, 5.74) is 0.711. The third kappa shape index (κ3) is 6.27. The molecule has 0 radical (unpaired) electrons. The number of hydrogen-bond donors (Lipinski definition) is 3. The number of carbonyl (C=O) groups excluding carboxylic acids is 3. The molecule has 0 bridgehead atoms. The molecule has 1 saturated heterocycles. The topological polar surface area (TPSA) is 160 Å². The predicted molar refractivity (Wildman–Crippen MR) is 98.5 cm³/mol. The molecule has 11 nitrogen and oxygen atoms in total. The predicted octanol–water partition coefficient (Wildman–Crippen LogP) is 0.0850. The first-order valence-electron chi connectivity index (χ1n) is 9.11. The third-order valence-electron chi connectivity index (χ3n) is 4.29. The molecule has 11 heteroatoms. The van der Waals surface area contributed by atoms with Crippen LogP contribution in [0.4, 0.5) is 0 Å². The fraction of sp³-hybridized carbons (Fsp3) is 0.421. The summed E-state index contributed by atoms with van der Waals surface area (Å²) in [5.74, 6) is -5.29. The Morgan fingerprint density at radius 2 is 1.80 bits per heavy atom. The summed E-state index contributed by atoms with van der Waals surface area (Å²) in [5, 5.41) is 21.1. The first kappa shape index (κ1) is 22.8. The van der Waals surface area contributed by atoms with Crippen molar-refractivity contribution in [1.82, 2.24) is 10.4 Å². The summed E-state index contributed by atoms with van der Waals surface area (Å²) in [6, 6.07) is 5.82. The summed E-state index contributed by atoms with van der Waals surface area (Å²) < 4.78 is 5.10. The molecule has 3 atom stereocenters. The van der Waals surface area contributed by atoms with Gasteiger partial charge in [0.1, 0.15) is 12.6 Å². The highest BCUT2D eigenvalue weighted by Crippen LogP contribution is 2.22. The van der Waals surface area contributed by atoms with Crippen molar-refractivity contribution < 1.29 is 43.8 Å². The van der Waals surface area contributed by atoms with Gasteiger partial charge >= 0.3 is 17.9 Å². The highest BCUT2D eigenvalue weighted by atomic mass is 16.7. The van der Waals surface area contributed by atoms with E-state index in [0.29, 0.717) is 10.6 Å². The average Bonchev–Trinajstić information content (AvgIpc) is 2.71. The zero-order valence-corrected chi connectivity index (χ0v) is 16.1. The van der Waals surface area contributed by atoms with Crippen LogP contribution in [0.1, 0.15) is 31.7 Å². The van der Waals surface area contributed by atoms with Crippen LogP contribution in [0.3, 0.4) is 0 Å². The van der Waals surface area contributed by atoms with Crippen molar-refractivity contribution in [2.45, 2.75) is 51.0 Å². The second-order valence-corrected chi connectivity index (χ2v) is 6.63. The van der Waals surface area contributed by atoms with Crippen LogP contribution in [0, 0.1) is 0 Å². The SMILES string of the molecule is CC(=O)N[C@@H](CC(=O)OCc1ccccc1)C(=O)N1OC(C(=O)O)CCC1C(=O)O. The maximum atomic E-state index is 12.8. The van der Waals surface area contributed by atoms with Gasteiger partial charge in [0.15, 0.2) is 12.1 Å². The van der Waals surface area contributed by atoms with Gasteiger partial charge in [-0.25, -0.2) is 14.7 Å². The van der Waals surface area contributed by atoms with Crippen molar-refractivity contribution in [3.05, 3.63) is 35.9 Å². The van der Waals surface area contributed by atoms with Gasteiger partial charge in [-0.3, -0.25) is 19.2 Å². The van der Waals surface area contributed by atoms with Gasteiger partial charge in [0.2, 0.25) is 5.91 Å². The Morgan fingerprint density at radius 3 is 2.37 bits per heavy atom. The average molecular weight is 422 g/mol. The van der Waals surface area contributed by atoms with Gasteiger partial charge < -0.3 is 20.3 Å². The number of benzene rings is 1. The molecule has 2 unspecified atom stereocenters. The quantitative estimate of drug-likeness (QED) is 0.493. The van der Waals surface area contributed by atoms with Gasteiger partial charge in [-0.2, -0.15) is 0 Å². The first-order valence-corrected chi connectivity index (χ1v) is 9.11. The Labute approximate surface area is 171 Å². The van der Waals surface area contributed by atoms with Gasteiger partial charge in [-0.05, 0) is 18.4 Å². The number of carboxylic acid groups (broad SMARTS) is 2. The minimum Gasteiger partial charge on any atom is -0.480 e. The van der Waals surface area contributed by atoms with Crippen LogP contribution < -0.4 is 5.32 Å². The van der Waals surface area contributed by atoms with E-state index in [-0.39, 0.29) is 19.4 Å². The second-order valence-electron chi connectivity index (χ2n) is 6.63. The molecule has 0 saturated carbocycles. The molecule has 0 aliphatic carbocycles. The first-order chi connectivity index (χ1) is 14.2. The van der Waals surface area contributed by atoms with Crippen LogP contribution in [0.2, 0.25) is 0 Å². The molecule has 1 aromatic rings. The number of nitrogens with one attached hydrogen (secondary N) is 1. The zero-order chi connectivity index (χ0) is 22.3. The summed E-state index contributed by atoms with van der Waals surface area (Å²) in [7, 11) is 0. The van der Waals surface area contributed by atoms with Gasteiger partial charge in [0.25, 0.3) is 5.91 Å². The fourth-order valence-corrected chi connectivity index (χ4v) is 2.85. The number of rotatable bonds is 8. The van der Waals surface area contributed by atoms with E-state index in [9.17, 15) is 29.1 Å². The minimum atomic E-state index is -1.49. The summed E-state index contributed by atoms with van der Waals surface area (Å²) in [6.07, 6.45) is -2.29. The van der Waals surface area contributed by atoms with E-state index in [1.165, 1.54) is 0 Å². The van der Waals surface area contributed by atoms with E-state index in [2.05, 4.69) is 5.32 Å². The maximum absolute atomic E-state index is 12.8. The number of hydrogen-bond acceptors (Lipinski definition) is 7.